The van der Waals surface area contributed by atoms with Crippen molar-refractivity contribution >= 4 is 55.8 Å². The van der Waals surface area contributed by atoms with E-state index in [1.54, 1.807) is 6.07 Å². The van der Waals surface area contributed by atoms with Gasteiger partial charge in [-0.1, -0.05) is 84.9 Å². The van der Waals surface area contributed by atoms with Gasteiger partial charge in [-0.15, -0.1) is 0 Å². The van der Waals surface area contributed by atoms with Crippen molar-refractivity contribution < 1.29 is 18.5 Å². The number of hydrogen-bond donors (Lipinski definition) is 1. The summed E-state index contributed by atoms with van der Waals surface area (Å²) in [5.74, 6) is 0.171. The van der Waals surface area contributed by atoms with Crippen LogP contribution in [-0.4, -0.2) is 11.3 Å². The molecule has 0 atom stereocenters. The fourth-order valence-corrected chi connectivity index (χ4v) is 6.81. The van der Waals surface area contributed by atoms with Crippen LogP contribution in [-0.2, 0) is 13.4 Å². The van der Waals surface area contributed by atoms with Crippen molar-refractivity contribution in [2.45, 2.75) is 0 Å². The van der Waals surface area contributed by atoms with E-state index in [0.29, 0.717) is 5.69 Å². The molecule has 0 heterocycles. The van der Waals surface area contributed by atoms with E-state index in [0.717, 1.165) is 16.7 Å². The van der Waals surface area contributed by atoms with E-state index < -0.39 is 7.92 Å². The molecule has 0 aliphatic heterocycles. The molecule has 1 N–H and O–H groups in total. The van der Waals surface area contributed by atoms with Gasteiger partial charge in [0.25, 0.3) is 0 Å². The average molecular weight is 581 g/mol. The molecule has 0 unspecified atom stereocenters. The third-order valence-corrected chi connectivity index (χ3v) is 8.60. The number of aromatic hydroxyl groups is 1. The van der Waals surface area contributed by atoms with Crippen LogP contribution in [0.3, 0.4) is 0 Å². The number of phenols is 1. The molecule has 0 aliphatic carbocycles. The van der Waals surface area contributed by atoms with Crippen LogP contribution in [0.25, 0.3) is 11.1 Å². The van der Waals surface area contributed by atoms with Gasteiger partial charge in [0.1, 0.15) is 27.4 Å². The topological polar surface area (TPSA) is 32.6 Å². The van der Waals surface area contributed by atoms with Gasteiger partial charge in [0.15, 0.2) is 0 Å². The van der Waals surface area contributed by atoms with Gasteiger partial charge in [-0.3, -0.25) is 4.99 Å². The first-order valence-corrected chi connectivity index (χ1v) is 16.6. The first-order valence-electron chi connectivity index (χ1n) is 11.6. The van der Waals surface area contributed by atoms with Crippen LogP contribution in [0.2, 0.25) is 0 Å². The predicted octanol–water partition coefficient (Wildman–Crippen LogP) is 7.68. The van der Waals surface area contributed by atoms with Crippen molar-refractivity contribution in [2.75, 3.05) is 0 Å². The third-order valence-electron chi connectivity index (χ3n) is 5.78. The molecule has 5 aromatic rings. The van der Waals surface area contributed by atoms with E-state index in [2.05, 4.69) is 91.0 Å². The zero-order valence-electron chi connectivity index (χ0n) is 19.8. The van der Waals surface area contributed by atoms with Crippen molar-refractivity contribution in [3.05, 3.63) is 139 Å². The monoisotopic (exact) mass is 580 g/mol. The molecule has 5 aromatic carbocycles. The second kappa shape index (κ2) is 14.2. The molecule has 6 heteroatoms. The summed E-state index contributed by atoms with van der Waals surface area (Å²) in [4.78, 5) is 4.73. The summed E-state index contributed by atoms with van der Waals surface area (Å²) in [7, 11) is 8.43. The number of phenolic OH excluding ortho intramolecular Hbond substituents is 1. The van der Waals surface area contributed by atoms with Crippen molar-refractivity contribution in [3.8, 4) is 16.9 Å². The Morgan fingerprint density at radius 3 is 1.73 bits per heavy atom. The van der Waals surface area contributed by atoms with Gasteiger partial charge in [-0.05, 0) is 59.7 Å². The standard InChI is InChI=1S/C31H24NOP.2ClH.Cr/c33-30-21-20-25(24-12-4-1-5-13-24)22-29(30)32-23-26-14-10-11-19-31(26)34(27-15-6-2-7-16-27)28-17-8-3-9-18-28;;;/h1-23,33H;2*1H;/q;;;+2/p-1. The van der Waals surface area contributed by atoms with E-state index in [1.165, 1.54) is 15.9 Å². The summed E-state index contributed by atoms with van der Waals surface area (Å²) in [6, 6.07) is 45.5. The van der Waals surface area contributed by atoms with Gasteiger partial charge in [0, 0.05) is 11.8 Å². The van der Waals surface area contributed by atoms with Gasteiger partial charge >= 0.3 is 33.5 Å². The van der Waals surface area contributed by atoms with Crippen LogP contribution >= 0.6 is 28.0 Å². The maximum absolute atomic E-state index is 10.5. The quantitative estimate of drug-likeness (QED) is 0.162. The van der Waals surface area contributed by atoms with Crippen molar-refractivity contribution in [3.63, 3.8) is 0 Å². The van der Waals surface area contributed by atoms with Gasteiger partial charge in [-0.25, -0.2) is 0 Å². The van der Waals surface area contributed by atoms with Crippen LogP contribution < -0.4 is 15.9 Å². The van der Waals surface area contributed by atoms with E-state index in [9.17, 15) is 5.11 Å². The SMILES string of the molecule is Oc1ccc(-c2ccccc2)cc1N=Cc1ccccc1[PH+](c1ccccc1)c1ccccc1.[Cl][Cr][Cl]. The molecule has 37 heavy (non-hydrogen) atoms. The number of rotatable bonds is 6. The Morgan fingerprint density at radius 2 is 1.14 bits per heavy atom. The molecule has 0 aliphatic rings. The van der Waals surface area contributed by atoms with Gasteiger partial charge in [0.05, 0.1) is 7.92 Å². The zero-order valence-corrected chi connectivity index (χ0v) is 23.6. The Morgan fingerprint density at radius 1 is 0.622 bits per heavy atom. The molecule has 184 valence electrons. The van der Waals surface area contributed by atoms with Crippen molar-refractivity contribution in [2.24, 2.45) is 4.99 Å². The Hall–Kier alpha value is -2.89. The fourth-order valence-electron chi connectivity index (χ4n) is 4.10. The minimum absolute atomic E-state index is 0.171. The molecule has 2 nitrogen and oxygen atoms in total. The van der Waals surface area contributed by atoms with Gasteiger partial charge < -0.3 is 5.11 Å². The predicted molar refractivity (Wildman–Crippen MR) is 159 cm³/mol. The number of benzene rings is 5. The first kappa shape index (κ1) is 27.2. The van der Waals surface area contributed by atoms with Crippen LogP contribution in [0.15, 0.2) is 138 Å². The number of aliphatic imine (C=N–C) groups is 1. The van der Waals surface area contributed by atoms with Crippen LogP contribution in [0, 0.1) is 0 Å². The second-order valence-corrected chi connectivity index (χ2v) is 12.6. The molecule has 0 saturated carbocycles. The Kier molecular flexibility index (Phi) is 10.4. The van der Waals surface area contributed by atoms with Crippen molar-refractivity contribution in [1.29, 1.82) is 0 Å². The summed E-state index contributed by atoms with van der Waals surface area (Å²) in [6.45, 7) is 0. The van der Waals surface area contributed by atoms with Gasteiger partial charge in [0.2, 0.25) is 0 Å². The fraction of sp³-hybridized carbons (Fsp3) is 0. The molecule has 0 saturated heterocycles. The molecule has 5 rings (SSSR count). The van der Waals surface area contributed by atoms with E-state index in [-0.39, 0.29) is 19.1 Å². The summed E-state index contributed by atoms with van der Waals surface area (Å²) >= 11 is -0.181. The van der Waals surface area contributed by atoms with Crippen LogP contribution in [0.4, 0.5) is 5.69 Å². The molecule has 0 amide bonds. The molecule has 0 bridgehead atoms. The summed E-state index contributed by atoms with van der Waals surface area (Å²) in [5, 5.41) is 14.4. The number of halogens is 2. The third kappa shape index (κ3) is 7.33. The molecule has 0 fully saturated rings. The maximum atomic E-state index is 10.5. The summed E-state index contributed by atoms with van der Waals surface area (Å²) in [5.41, 5.74) is 3.74. The Labute approximate surface area is 234 Å². The first-order chi connectivity index (χ1) is 18.2. The molecular formula is C31H25Cl2CrNOP+. The molecule has 0 spiro atoms. The average Bonchev–Trinajstić information content (AvgIpc) is 2.95. The number of nitrogens with zero attached hydrogens (tertiary/aromatic N) is 1. The van der Waals surface area contributed by atoms with Gasteiger partial charge in [-0.2, -0.15) is 0 Å². The zero-order chi connectivity index (χ0) is 25.9. The van der Waals surface area contributed by atoms with E-state index >= 15 is 0 Å². The summed E-state index contributed by atoms with van der Waals surface area (Å²) < 4.78 is 0. The molecular weight excluding hydrogens is 556 g/mol. The second-order valence-electron chi connectivity index (χ2n) is 8.08. The van der Waals surface area contributed by atoms with Crippen LogP contribution in [0.5, 0.6) is 5.75 Å². The van der Waals surface area contributed by atoms with Crippen molar-refractivity contribution in [1.82, 2.24) is 0 Å². The normalized spacial score (nSPS) is 10.8. The Balaban J connectivity index is 0.00000102. The van der Waals surface area contributed by atoms with E-state index in [1.807, 2.05) is 42.6 Å². The Bertz CT molecular complexity index is 1390. The summed E-state index contributed by atoms with van der Waals surface area (Å²) in [6.07, 6.45) is 1.88. The molecule has 0 radical (unpaired) electrons. The minimum atomic E-state index is -1.22. The van der Waals surface area contributed by atoms with E-state index in [4.69, 9.17) is 25.1 Å². The molecule has 0 aromatic heterocycles. The van der Waals surface area contributed by atoms with Crippen LogP contribution in [0.1, 0.15) is 5.56 Å². The number of hydrogen-bond acceptors (Lipinski definition) is 2.